The Hall–Kier alpha value is -0.290. The van der Waals surface area contributed by atoms with Crippen molar-refractivity contribution >= 4 is 0 Å². The van der Waals surface area contributed by atoms with Crippen molar-refractivity contribution in [1.29, 1.82) is 0 Å². The molecule has 2 aliphatic rings. The van der Waals surface area contributed by atoms with E-state index in [-0.39, 0.29) is 0 Å². The van der Waals surface area contributed by atoms with Crippen LogP contribution < -0.4 is 5.32 Å². The number of piperidine rings is 1. The van der Waals surface area contributed by atoms with Crippen molar-refractivity contribution in [3.63, 3.8) is 0 Å². The third-order valence-corrected chi connectivity index (χ3v) is 4.62. The zero-order chi connectivity index (χ0) is 13.9. The van der Waals surface area contributed by atoms with E-state index in [1.54, 1.807) is 0 Å². The zero-order valence-electron chi connectivity index (χ0n) is 11.7. The first-order chi connectivity index (χ1) is 8.86. The van der Waals surface area contributed by atoms with E-state index >= 15 is 0 Å². The second-order valence-electron chi connectivity index (χ2n) is 6.56. The van der Waals surface area contributed by atoms with Crippen molar-refractivity contribution in [2.24, 2.45) is 5.41 Å². The molecule has 2 fully saturated rings. The van der Waals surface area contributed by atoms with Crippen molar-refractivity contribution in [1.82, 2.24) is 10.2 Å². The molecule has 2 nitrogen and oxygen atoms in total. The van der Waals surface area contributed by atoms with E-state index in [1.165, 1.54) is 30.6 Å². The predicted molar refractivity (Wildman–Crippen MR) is 70.1 cm³/mol. The van der Waals surface area contributed by atoms with Gasteiger partial charge in [0.2, 0.25) is 0 Å². The molecule has 0 bridgehead atoms. The summed E-state index contributed by atoms with van der Waals surface area (Å²) in [5.74, 6) is 0. The lowest BCUT2D eigenvalue weighted by atomic mass is 9.88. The Kier molecular flexibility index (Phi) is 4.77. The average Bonchev–Trinajstić information content (AvgIpc) is 2.74. The molecule has 1 N–H and O–H groups in total. The molecule has 112 valence electrons. The Morgan fingerprint density at radius 3 is 2.26 bits per heavy atom. The van der Waals surface area contributed by atoms with Gasteiger partial charge in [-0.2, -0.15) is 13.2 Å². The van der Waals surface area contributed by atoms with Gasteiger partial charge in [0, 0.05) is 12.6 Å². The highest BCUT2D eigenvalue weighted by Gasteiger charge is 2.33. The number of halogens is 3. The van der Waals surface area contributed by atoms with Gasteiger partial charge in [-0.05, 0) is 44.2 Å². The molecule has 0 amide bonds. The molecule has 1 aliphatic carbocycles. The summed E-state index contributed by atoms with van der Waals surface area (Å²) in [6.45, 7) is 3.72. The number of likely N-dealkylation sites (tertiary alicyclic amines) is 1. The van der Waals surface area contributed by atoms with Gasteiger partial charge >= 0.3 is 6.18 Å². The van der Waals surface area contributed by atoms with Crippen molar-refractivity contribution in [3.05, 3.63) is 0 Å². The van der Waals surface area contributed by atoms with Crippen LogP contribution in [0.2, 0.25) is 0 Å². The number of nitrogens with one attached hydrogen (secondary N) is 1. The number of alkyl halides is 3. The maximum absolute atomic E-state index is 12.3. The number of hydrogen-bond acceptors (Lipinski definition) is 2. The largest absolute Gasteiger partial charge is 0.401 e. The van der Waals surface area contributed by atoms with Crippen LogP contribution in [0.15, 0.2) is 0 Å². The van der Waals surface area contributed by atoms with E-state index < -0.39 is 12.7 Å². The summed E-state index contributed by atoms with van der Waals surface area (Å²) in [7, 11) is 0. The summed E-state index contributed by atoms with van der Waals surface area (Å²) in [5, 5.41) is 3.58. The predicted octanol–water partition coefficient (Wildman–Crippen LogP) is 3.18. The molecule has 0 aromatic heterocycles. The minimum Gasteiger partial charge on any atom is -0.313 e. The summed E-state index contributed by atoms with van der Waals surface area (Å²) < 4.78 is 36.8. The molecule has 2 rings (SSSR count). The van der Waals surface area contributed by atoms with Crippen molar-refractivity contribution in [3.8, 4) is 0 Å². The van der Waals surface area contributed by atoms with Crippen LogP contribution in [0.1, 0.15) is 45.4 Å². The van der Waals surface area contributed by atoms with Gasteiger partial charge in [-0.1, -0.05) is 19.8 Å². The molecule has 1 saturated carbocycles. The Morgan fingerprint density at radius 1 is 1.16 bits per heavy atom. The van der Waals surface area contributed by atoms with Crippen molar-refractivity contribution < 1.29 is 13.2 Å². The van der Waals surface area contributed by atoms with Gasteiger partial charge in [0.25, 0.3) is 0 Å². The van der Waals surface area contributed by atoms with Gasteiger partial charge in [-0.3, -0.25) is 4.90 Å². The Balaban J connectivity index is 1.66. The van der Waals surface area contributed by atoms with E-state index in [1.807, 2.05) is 0 Å². The summed E-state index contributed by atoms with van der Waals surface area (Å²) in [6, 6.07) is 0.405. The van der Waals surface area contributed by atoms with E-state index in [4.69, 9.17) is 0 Å². The zero-order valence-corrected chi connectivity index (χ0v) is 11.7. The van der Waals surface area contributed by atoms with Crippen LogP contribution in [-0.4, -0.2) is 43.3 Å². The molecule has 1 aliphatic heterocycles. The van der Waals surface area contributed by atoms with E-state index in [0.29, 0.717) is 24.5 Å². The molecule has 0 unspecified atom stereocenters. The number of nitrogens with zero attached hydrogens (tertiary/aromatic N) is 1. The van der Waals surface area contributed by atoms with Gasteiger partial charge < -0.3 is 5.32 Å². The van der Waals surface area contributed by atoms with Crippen molar-refractivity contribution in [2.75, 3.05) is 26.2 Å². The van der Waals surface area contributed by atoms with E-state index in [9.17, 15) is 13.2 Å². The van der Waals surface area contributed by atoms with Crippen LogP contribution in [0.3, 0.4) is 0 Å². The van der Waals surface area contributed by atoms with Crippen LogP contribution >= 0.6 is 0 Å². The summed E-state index contributed by atoms with van der Waals surface area (Å²) in [6.07, 6.45) is 2.83. The van der Waals surface area contributed by atoms with Gasteiger partial charge in [0.1, 0.15) is 0 Å². The second-order valence-corrected chi connectivity index (χ2v) is 6.56. The van der Waals surface area contributed by atoms with Crippen LogP contribution in [0.25, 0.3) is 0 Å². The summed E-state index contributed by atoms with van der Waals surface area (Å²) in [4.78, 5) is 1.52. The van der Waals surface area contributed by atoms with Gasteiger partial charge in [-0.15, -0.1) is 0 Å². The molecule has 0 spiro atoms. The maximum atomic E-state index is 12.3. The molecular weight excluding hydrogens is 253 g/mol. The first kappa shape index (κ1) is 15.1. The molecule has 0 aromatic carbocycles. The fourth-order valence-electron chi connectivity index (χ4n) is 3.34. The Bertz CT molecular complexity index is 277. The quantitative estimate of drug-likeness (QED) is 0.849. The van der Waals surface area contributed by atoms with Crippen LogP contribution in [0, 0.1) is 5.41 Å². The fourth-order valence-corrected chi connectivity index (χ4v) is 3.34. The smallest absolute Gasteiger partial charge is 0.313 e. The molecule has 0 atom stereocenters. The normalized spacial score (nSPS) is 25.9. The van der Waals surface area contributed by atoms with E-state index in [2.05, 4.69) is 12.2 Å². The standard InChI is InChI=1S/C14H25F3N2/c1-13(6-2-3-7-13)10-18-12-4-8-19(9-5-12)11-14(15,16)17/h12,18H,2-11H2,1H3. The Morgan fingerprint density at radius 2 is 1.74 bits per heavy atom. The lowest BCUT2D eigenvalue weighted by Gasteiger charge is -2.35. The SMILES string of the molecule is CC1(CNC2CCN(CC(F)(F)F)CC2)CCCC1. The number of hydrogen-bond donors (Lipinski definition) is 1. The fraction of sp³-hybridized carbons (Fsp3) is 1.00. The highest BCUT2D eigenvalue weighted by atomic mass is 19.4. The lowest BCUT2D eigenvalue weighted by Crippen LogP contribution is -2.47. The average molecular weight is 278 g/mol. The minimum atomic E-state index is -4.06. The first-order valence-corrected chi connectivity index (χ1v) is 7.39. The Labute approximate surface area is 113 Å². The van der Waals surface area contributed by atoms with Gasteiger partial charge in [0.05, 0.1) is 6.54 Å². The second kappa shape index (κ2) is 6.00. The molecular formula is C14H25F3N2. The molecule has 1 saturated heterocycles. The van der Waals surface area contributed by atoms with Gasteiger partial charge in [0.15, 0.2) is 0 Å². The third-order valence-electron chi connectivity index (χ3n) is 4.62. The molecule has 19 heavy (non-hydrogen) atoms. The van der Waals surface area contributed by atoms with E-state index in [0.717, 1.165) is 19.4 Å². The lowest BCUT2D eigenvalue weighted by molar-refractivity contribution is -0.148. The molecule has 5 heteroatoms. The maximum Gasteiger partial charge on any atom is 0.401 e. The highest BCUT2D eigenvalue weighted by molar-refractivity contribution is 4.85. The van der Waals surface area contributed by atoms with Crippen LogP contribution in [0.4, 0.5) is 13.2 Å². The topological polar surface area (TPSA) is 15.3 Å². The van der Waals surface area contributed by atoms with Gasteiger partial charge in [-0.25, -0.2) is 0 Å². The monoisotopic (exact) mass is 278 g/mol. The summed E-state index contributed by atoms with van der Waals surface area (Å²) in [5.41, 5.74) is 0.420. The first-order valence-electron chi connectivity index (χ1n) is 7.39. The third kappa shape index (κ3) is 4.95. The highest BCUT2D eigenvalue weighted by Crippen LogP contribution is 2.37. The molecule has 0 aromatic rings. The van der Waals surface area contributed by atoms with Crippen molar-refractivity contribution in [2.45, 2.75) is 57.7 Å². The molecule has 0 radical (unpaired) electrons. The minimum absolute atomic E-state index is 0.405. The number of rotatable bonds is 4. The van der Waals surface area contributed by atoms with Crippen LogP contribution in [-0.2, 0) is 0 Å². The molecule has 1 heterocycles. The van der Waals surface area contributed by atoms with Crippen LogP contribution in [0.5, 0.6) is 0 Å². The summed E-state index contributed by atoms with van der Waals surface area (Å²) >= 11 is 0.